The molecule has 1 N–H and O–H groups in total. The third-order valence-corrected chi connectivity index (χ3v) is 5.04. The van der Waals surface area contributed by atoms with E-state index in [1.807, 2.05) is 30.3 Å². The smallest absolute Gasteiger partial charge is 0.254 e. The Morgan fingerprint density at radius 1 is 1.04 bits per heavy atom. The van der Waals surface area contributed by atoms with Crippen LogP contribution in [0, 0.1) is 0 Å². The minimum absolute atomic E-state index is 0.118. The number of piperazine rings is 1. The van der Waals surface area contributed by atoms with Crippen LogP contribution < -0.4 is 5.43 Å². The highest BCUT2D eigenvalue weighted by atomic mass is 35.5. The van der Waals surface area contributed by atoms with E-state index in [2.05, 4.69) is 26.4 Å². The first-order valence-corrected chi connectivity index (χ1v) is 9.61. The van der Waals surface area contributed by atoms with Crippen LogP contribution in [-0.2, 0) is 11.3 Å². The first-order valence-electron chi connectivity index (χ1n) is 8.86. The van der Waals surface area contributed by atoms with Gasteiger partial charge in [-0.25, -0.2) is 5.43 Å². The van der Waals surface area contributed by atoms with Crippen LogP contribution in [0.5, 0.6) is 0 Å². The van der Waals surface area contributed by atoms with Gasteiger partial charge in [0.2, 0.25) is 0 Å². The molecule has 0 aromatic heterocycles. The molecule has 1 saturated heterocycles. The van der Waals surface area contributed by atoms with Crippen LogP contribution in [0.1, 0.15) is 11.1 Å². The van der Waals surface area contributed by atoms with E-state index in [0.717, 1.165) is 48.9 Å². The van der Waals surface area contributed by atoms with Crippen LogP contribution in [0.2, 0.25) is 10.0 Å². The van der Waals surface area contributed by atoms with Gasteiger partial charge in [-0.1, -0.05) is 53.5 Å². The fraction of sp³-hybridized carbons (Fsp3) is 0.300. The summed E-state index contributed by atoms with van der Waals surface area (Å²) in [7, 11) is 0. The number of benzene rings is 2. The Labute approximate surface area is 169 Å². The summed E-state index contributed by atoms with van der Waals surface area (Å²) in [4.78, 5) is 16.5. The summed E-state index contributed by atoms with van der Waals surface area (Å²) in [6, 6.07) is 15.2. The number of carbonyl (C=O) groups is 1. The molecule has 0 bridgehead atoms. The Morgan fingerprint density at radius 3 is 2.52 bits per heavy atom. The SMILES string of the molecule is O=C(CN1CCN(Cc2ccccc2Cl)CC1)N/N=C\c1cccc(Cl)c1. The topological polar surface area (TPSA) is 47.9 Å². The van der Waals surface area contributed by atoms with Gasteiger partial charge in [0.1, 0.15) is 0 Å². The van der Waals surface area contributed by atoms with Crippen LogP contribution in [0.15, 0.2) is 53.6 Å². The number of carbonyl (C=O) groups excluding carboxylic acids is 1. The number of hydrazone groups is 1. The Morgan fingerprint density at radius 2 is 1.78 bits per heavy atom. The summed E-state index contributed by atoms with van der Waals surface area (Å²) in [6.07, 6.45) is 1.59. The van der Waals surface area contributed by atoms with Gasteiger partial charge in [-0.15, -0.1) is 0 Å². The molecule has 0 spiro atoms. The molecule has 7 heteroatoms. The molecular formula is C20H22Cl2N4O. The van der Waals surface area contributed by atoms with Crippen LogP contribution in [0.25, 0.3) is 0 Å². The zero-order chi connectivity index (χ0) is 19.1. The quantitative estimate of drug-likeness (QED) is 0.593. The average molecular weight is 405 g/mol. The van der Waals surface area contributed by atoms with Crippen molar-refractivity contribution in [2.45, 2.75) is 6.54 Å². The highest BCUT2D eigenvalue weighted by Gasteiger charge is 2.19. The average Bonchev–Trinajstić information content (AvgIpc) is 2.65. The lowest BCUT2D eigenvalue weighted by Crippen LogP contribution is -2.48. The molecule has 1 heterocycles. The van der Waals surface area contributed by atoms with E-state index in [4.69, 9.17) is 23.2 Å². The van der Waals surface area contributed by atoms with Crippen LogP contribution >= 0.6 is 23.2 Å². The summed E-state index contributed by atoms with van der Waals surface area (Å²) in [5.74, 6) is -0.118. The van der Waals surface area contributed by atoms with Gasteiger partial charge in [0.05, 0.1) is 12.8 Å². The second-order valence-corrected chi connectivity index (χ2v) is 7.34. The van der Waals surface area contributed by atoms with Gasteiger partial charge in [0.15, 0.2) is 0 Å². The maximum Gasteiger partial charge on any atom is 0.254 e. The van der Waals surface area contributed by atoms with Crippen LogP contribution in [0.3, 0.4) is 0 Å². The number of amides is 1. The summed E-state index contributed by atoms with van der Waals surface area (Å²) in [5.41, 5.74) is 4.55. The van der Waals surface area contributed by atoms with Gasteiger partial charge in [-0.3, -0.25) is 14.6 Å². The van der Waals surface area contributed by atoms with Gasteiger partial charge >= 0.3 is 0 Å². The van der Waals surface area contributed by atoms with Gasteiger partial charge in [0, 0.05) is 42.8 Å². The van der Waals surface area contributed by atoms with Gasteiger partial charge < -0.3 is 0 Å². The molecule has 142 valence electrons. The van der Waals surface area contributed by atoms with Crippen molar-refractivity contribution in [3.8, 4) is 0 Å². The molecule has 1 fully saturated rings. The third kappa shape index (κ3) is 6.33. The molecular weight excluding hydrogens is 383 g/mol. The molecule has 1 aliphatic heterocycles. The highest BCUT2D eigenvalue weighted by Crippen LogP contribution is 2.17. The molecule has 5 nitrogen and oxygen atoms in total. The molecule has 27 heavy (non-hydrogen) atoms. The van der Waals surface area contributed by atoms with Gasteiger partial charge in [-0.05, 0) is 29.3 Å². The van der Waals surface area contributed by atoms with Crippen molar-refractivity contribution in [1.29, 1.82) is 0 Å². The fourth-order valence-electron chi connectivity index (χ4n) is 2.98. The monoisotopic (exact) mass is 404 g/mol. The van der Waals surface area contributed by atoms with Crippen molar-refractivity contribution in [3.63, 3.8) is 0 Å². The molecule has 0 atom stereocenters. The first-order chi connectivity index (χ1) is 13.1. The first kappa shape index (κ1) is 19.8. The third-order valence-electron chi connectivity index (χ3n) is 4.44. The molecule has 2 aromatic carbocycles. The van der Waals surface area contributed by atoms with Crippen LogP contribution in [0.4, 0.5) is 0 Å². The highest BCUT2D eigenvalue weighted by molar-refractivity contribution is 6.31. The Bertz CT molecular complexity index is 804. The van der Waals surface area contributed by atoms with Crippen LogP contribution in [-0.4, -0.2) is 54.6 Å². The number of halogens is 2. The normalized spacial score (nSPS) is 15.9. The lowest BCUT2D eigenvalue weighted by Gasteiger charge is -2.34. The lowest BCUT2D eigenvalue weighted by molar-refractivity contribution is -0.122. The van der Waals surface area contributed by atoms with Crippen molar-refractivity contribution in [3.05, 3.63) is 69.7 Å². The Kier molecular flexibility index (Phi) is 7.24. The molecule has 1 amide bonds. The maximum absolute atomic E-state index is 12.1. The lowest BCUT2D eigenvalue weighted by atomic mass is 10.2. The van der Waals surface area contributed by atoms with E-state index >= 15 is 0 Å². The van der Waals surface area contributed by atoms with Crippen molar-refractivity contribution in [1.82, 2.24) is 15.2 Å². The zero-order valence-corrected chi connectivity index (χ0v) is 16.5. The zero-order valence-electron chi connectivity index (χ0n) is 14.9. The second-order valence-electron chi connectivity index (χ2n) is 6.49. The van der Waals surface area contributed by atoms with E-state index in [1.54, 1.807) is 18.3 Å². The summed E-state index contributed by atoms with van der Waals surface area (Å²) in [6.45, 7) is 4.68. The molecule has 0 unspecified atom stereocenters. The molecule has 0 aliphatic carbocycles. The Balaban J connectivity index is 1.39. The minimum atomic E-state index is -0.118. The molecule has 2 aromatic rings. The number of rotatable bonds is 6. The number of nitrogens with one attached hydrogen (secondary N) is 1. The van der Waals surface area contributed by atoms with Crippen molar-refractivity contribution >= 4 is 35.3 Å². The number of hydrogen-bond donors (Lipinski definition) is 1. The van der Waals surface area contributed by atoms with E-state index < -0.39 is 0 Å². The standard InChI is InChI=1S/C20H22Cl2N4O/c21-18-6-3-4-16(12-18)13-23-24-20(27)15-26-10-8-25(9-11-26)14-17-5-1-2-7-19(17)22/h1-7,12-13H,8-11,14-15H2,(H,24,27)/b23-13-. The molecule has 1 aliphatic rings. The van der Waals surface area contributed by atoms with Crippen molar-refractivity contribution < 1.29 is 4.79 Å². The van der Waals surface area contributed by atoms with Gasteiger partial charge in [0.25, 0.3) is 5.91 Å². The number of nitrogens with zero attached hydrogens (tertiary/aromatic N) is 3. The van der Waals surface area contributed by atoms with Crippen molar-refractivity contribution in [2.75, 3.05) is 32.7 Å². The van der Waals surface area contributed by atoms with E-state index in [9.17, 15) is 4.79 Å². The van der Waals surface area contributed by atoms with Crippen molar-refractivity contribution in [2.24, 2.45) is 5.10 Å². The Hall–Kier alpha value is -1.92. The maximum atomic E-state index is 12.1. The minimum Gasteiger partial charge on any atom is -0.296 e. The predicted molar refractivity (Wildman–Crippen MR) is 110 cm³/mol. The summed E-state index contributed by atoms with van der Waals surface area (Å²) >= 11 is 12.2. The van der Waals surface area contributed by atoms with E-state index in [0.29, 0.717) is 11.6 Å². The fourth-order valence-corrected chi connectivity index (χ4v) is 3.37. The summed E-state index contributed by atoms with van der Waals surface area (Å²) < 4.78 is 0. The summed E-state index contributed by atoms with van der Waals surface area (Å²) in [5, 5.41) is 5.44. The molecule has 0 radical (unpaired) electrons. The molecule has 0 saturated carbocycles. The predicted octanol–water partition coefficient (Wildman–Crippen LogP) is 3.26. The van der Waals surface area contributed by atoms with Gasteiger partial charge in [-0.2, -0.15) is 5.10 Å². The second kappa shape index (κ2) is 9.85. The largest absolute Gasteiger partial charge is 0.296 e. The van der Waals surface area contributed by atoms with E-state index in [1.165, 1.54) is 0 Å². The molecule has 3 rings (SSSR count). The van der Waals surface area contributed by atoms with E-state index in [-0.39, 0.29) is 5.91 Å². The number of hydrogen-bond acceptors (Lipinski definition) is 4.